The summed E-state index contributed by atoms with van der Waals surface area (Å²) in [5.74, 6) is 1.52. The van der Waals surface area contributed by atoms with E-state index in [1.165, 1.54) is 10.9 Å². The molecule has 1 unspecified atom stereocenters. The minimum atomic E-state index is 0.0602. The lowest BCUT2D eigenvalue weighted by molar-refractivity contribution is -0.131. The Kier molecular flexibility index (Phi) is 5.52. The fourth-order valence-corrected chi connectivity index (χ4v) is 5.50. The van der Waals surface area contributed by atoms with Gasteiger partial charge < -0.3 is 19.2 Å². The highest BCUT2D eigenvalue weighted by Crippen LogP contribution is 2.49. The van der Waals surface area contributed by atoms with Crippen LogP contribution in [-0.2, 0) is 22.5 Å². The molecule has 1 atom stereocenters. The number of fused-ring (bicyclic) bond motifs is 1. The normalized spacial score (nSPS) is 20.7. The first-order valence-electron chi connectivity index (χ1n) is 11.5. The van der Waals surface area contributed by atoms with Crippen molar-refractivity contribution < 1.29 is 9.53 Å². The van der Waals surface area contributed by atoms with Crippen LogP contribution in [0.1, 0.15) is 49.9 Å². The first kappa shape index (κ1) is 20.2. The first-order chi connectivity index (χ1) is 15.2. The largest absolute Gasteiger partial charge is 0.381 e. The molecule has 1 aromatic carbocycles. The minimum absolute atomic E-state index is 0.0602. The zero-order valence-electron chi connectivity index (χ0n) is 18.2. The molecule has 2 saturated heterocycles. The van der Waals surface area contributed by atoms with Crippen LogP contribution in [0.4, 0.5) is 0 Å². The van der Waals surface area contributed by atoms with E-state index in [1.54, 1.807) is 0 Å². The third kappa shape index (κ3) is 3.76. The average molecular weight is 422 g/mol. The lowest BCUT2D eigenvalue weighted by Crippen LogP contribution is -2.37. The van der Waals surface area contributed by atoms with E-state index in [4.69, 9.17) is 4.74 Å². The van der Waals surface area contributed by atoms with Gasteiger partial charge in [-0.2, -0.15) is 0 Å². The SMILES string of the molecule is CCn1cnnc1C1CN(C(=O)CCCc2c[nH]c3ccccc23)CC12CCOCC2. The number of nitrogens with zero attached hydrogens (tertiary/aromatic N) is 4. The predicted octanol–water partition coefficient (Wildman–Crippen LogP) is 3.52. The Morgan fingerprint density at radius 2 is 2.13 bits per heavy atom. The van der Waals surface area contributed by atoms with Crippen LogP contribution < -0.4 is 0 Å². The Hall–Kier alpha value is -2.67. The van der Waals surface area contributed by atoms with E-state index in [9.17, 15) is 4.79 Å². The van der Waals surface area contributed by atoms with E-state index in [0.29, 0.717) is 6.42 Å². The van der Waals surface area contributed by atoms with Crippen molar-refractivity contribution in [1.29, 1.82) is 0 Å². The van der Waals surface area contributed by atoms with Crippen LogP contribution in [0, 0.1) is 5.41 Å². The number of ether oxygens (including phenoxy) is 1. The van der Waals surface area contributed by atoms with E-state index in [-0.39, 0.29) is 17.2 Å². The van der Waals surface area contributed by atoms with Crippen LogP contribution in [0.3, 0.4) is 0 Å². The highest BCUT2D eigenvalue weighted by Gasteiger charge is 2.50. The number of hydrogen-bond donors (Lipinski definition) is 1. The maximum Gasteiger partial charge on any atom is 0.222 e. The molecule has 1 spiro atoms. The van der Waals surface area contributed by atoms with Gasteiger partial charge in [-0.3, -0.25) is 4.79 Å². The number of likely N-dealkylation sites (tertiary alicyclic amines) is 1. The maximum absolute atomic E-state index is 13.2. The van der Waals surface area contributed by atoms with Crippen molar-refractivity contribution in [2.75, 3.05) is 26.3 Å². The number of para-hydroxylation sites is 1. The lowest BCUT2D eigenvalue weighted by Gasteiger charge is -2.37. The topological polar surface area (TPSA) is 76.0 Å². The van der Waals surface area contributed by atoms with Gasteiger partial charge in [-0.15, -0.1) is 10.2 Å². The molecule has 2 fully saturated rings. The second kappa shape index (κ2) is 8.46. The molecule has 1 N–H and O–H groups in total. The molecule has 2 aliphatic heterocycles. The molecule has 0 aliphatic carbocycles. The van der Waals surface area contributed by atoms with Crippen molar-refractivity contribution in [2.24, 2.45) is 5.41 Å². The number of amides is 1. The van der Waals surface area contributed by atoms with Gasteiger partial charge >= 0.3 is 0 Å². The molecule has 164 valence electrons. The van der Waals surface area contributed by atoms with Gasteiger partial charge in [0, 0.05) is 67.7 Å². The fourth-order valence-electron chi connectivity index (χ4n) is 5.50. The third-order valence-corrected chi connectivity index (χ3v) is 7.30. The number of carbonyl (C=O) groups is 1. The van der Waals surface area contributed by atoms with Crippen molar-refractivity contribution in [2.45, 2.75) is 51.5 Å². The molecule has 2 aliphatic rings. The van der Waals surface area contributed by atoms with Gasteiger partial charge in [-0.05, 0) is 44.2 Å². The molecule has 4 heterocycles. The smallest absolute Gasteiger partial charge is 0.222 e. The number of H-pyrrole nitrogens is 1. The van der Waals surface area contributed by atoms with Crippen LogP contribution in [0.15, 0.2) is 36.8 Å². The van der Waals surface area contributed by atoms with E-state index in [1.807, 2.05) is 12.4 Å². The van der Waals surface area contributed by atoms with Gasteiger partial charge in [0.05, 0.1) is 0 Å². The summed E-state index contributed by atoms with van der Waals surface area (Å²) in [6.07, 6.45) is 8.21. The maximum atomic E-state index is 13.2. The number of rotatable bonds is 6. The van der Waals surface area contributed by atoms with Crippen molar-refractivity contribution in [1.82, 2.24) is 24.6 Å². The fraction of sp³-hybridized carbons (Fsp3) is 0.542. The summed E-state index contributed by atoms with van der Waals surface area (Å²) in [5.41, 5.74) is 2.51. The third-order valence-electron chi connectivity index (χ3n) is 7.30. The first-order valence-corrected chi connectivity index (χ1v) is 11.5. The van der Waals surface area contributed by atoms with Gasteiger partial charge in [0.1, 0.15) is 12.2 Å². The molecule has 2 aromatic heterocycles. The Bertz CT molecular complexity index is 1050. The number of aromatic amines is 1. The second-order valence-corrected chi connectivity index (χ2v) is 8.99. The van der Waals surface area contributed by atoms with Crippen molar-refractivity contribution in [3.63, 3.8) is 0 Å². The quantitative estimate of drug-likeness (QED) is 0.661. The lowest BCUT2D eigenvalue weighted by atomic mass is 9.71. The van der Waals surface area contributed by atoms with Gasteiger partial charge in [-0.1, -0.05) is 18.2 Å². The summed E-state index contributed by atoms with van der Waals surface area (Å²) in [4.78, 5) is 18.6. The summed E-state index contributed by atoms with van der Waals surface area (Å²) in [5, 5.41) is 9.89. The Morgan fingerprint density at radius 1 is 1.29 bits per heavy atom. The molecule has 7 heteroatoms. The minimum Gasteiger partial charge on any atom is -0.381 e. The van der Waals surface area contributed by atoms with Gasteiger partial charge in [0.2, 0.25) is 5.91 Å². The molecule has 5 rings (SSSR count). The molecule has 7 nitrogen and oxygen atoms in total. The summed E-state index contributed by atoms with van der Waals surface area (Å²) in [6, 6.07) is 8.35. The molecule has 0 bridgehead atoms. The second-order valence-electron chi connectivity index (χ2n) is 8.99. The van der Waals surface area contributed by atoms with Crippen LogP contribution >= 0.6 is 0 Å². The monoisotopic (exact) mass is 421 g/mol. The Labute approximate surface area is 182 Å². The number of aryl methyl sites for hydroxylation is 2. The number of carbonyl (C=O) groups excluding carboxylic acids is 1. The van der Waals surface area contributed by atoms with Crippen molar-refractivity contribution in [3.05, 3.63) is 48.2 Å². The highest BCUT2D eigenvalue weighted by atomic mass is 16.5. The molecule has 0 saturated carbocycles. The van der Waals surface area contributed by atoms with E-state index in [0.717, 1.165) is 69.9 Å². The molecule has 0 radical (unpaired) electrons. The molecule has 1 amide bonds. The molecule has 3 aromatic rings. The van der Waals surface area contributed by atoms with Crippen LogP contribution in [0.2, 0.25) is 0 Å². The van der Waals surface area contributed by atoms with E-state index >= 15 is 0 Å². The summed E-state index contributed by atoms with van der Waals surface area (Å²) in [7, 11) is 0. The van der Waals surface area contributed by atoms with Crippen molar-refractivity contribution >= 4 is 16.8 Å². The van der Waals surface area contributed by atoms with E-state index in [2.05, 4.69) is 56.0 Å². The van der Waals surface area contributed by atoms with E-state index < -0.39 is 0 Å². The zero-order valence-corrected chi connectivity index (χ0v) is 18.2. The standard InChI is InChI=1S/C24H31N5O2/c1-2-28-17-26-27-23(28)20-15-29(16-24(20)10-12-31-13-11-24)22(30)9-5-6-18-14-25-21-8-4-3-7-19(18)21/h3-4,7-8,14,17,20,25H,2,5-6,9-13,15-16H2,1H3. The predicted molar refractivity (Wildman–Crippen MR) is 119 cm³/mol. The molecule has 31 heavy (non-hydrogen) atoms. The van der Waals surface area contributed by atoms with Gasteiger partial charge in [-0.25, -0.2) is 0 Å². The molecular formula is C24H31N5O2. The number of aromatic nitrogens is 4. The summed E-state index contributed by atoms with van der Waals surface area (Å²) in [6.45, 7) is 6.04. The van der Waals surface area contributed by atoms with Crippen LogP contribution in [-0.4, -0.2) is 56.9 Å². The summed E-state index contributed by atoms with van der Waals surface area (Å²) >= 11 is 0. The van der Waals surface area contributed by atoms with Crippen LogP contribution in [0.5, 0.6) is 0 Å². The Balaban J connectivity index is 1.27. The average Bonchev–Trinajstić information content (AvgIpc) is 3.51. The van der Waals surface area contributed by atoms with Crippen LogP contribution in [0.25, 0.3) is 10.9 Å². The highest BCUT2D eigenvalue weighted by molar-refractivity contribution is 5.83. The number of nitrogens with one attached hydrogen (secondary N) is 1. The zero-order chi connectivity index (χ0) is 21.3. The van der Waals surface area contributed by atoms with Gasteiger partial charge in [0.25, 0.3) is 0 Å². The summed E-state index contributed by atoms with van der Waals surface area (Å²) < 4.78 is 7.80. The number of hydrogen-bond acceptors (Lipinski definition) is 4. The molecular weight excluding hydrogens is 390 g/mol. The Morgan fingerprint density at radius 3 is 2.97 bits per heavy atom. The van der Waals surface area contributed by atoms with Gasteiger partial charge in [0.15, 0.2) is 0 Å². The number of benzene rings is 1. The van der Waals surface area contributed by atoms with Crippen molar-refractivity contribution in [3.8, 4) is 0 Å².